The second-order valence-corrected chi connectivity index (χ2v) is 10.4. The lowest BCUT2D eigenvalue weighted by atomic mass is 9.94. The van der Waals surface area contributed by atoms with Crippen molar-refractivity contribution in [3.8, 4) is 0 Å². The Morgan fingerprint density at radius 3 is 2.72 bits per heavy atom. The van der Waals surface area contributed by atoms with Crippen molar-refractivity contribution in [3.05, 3.63) is 21.9 Å². The molecule has 8 heteroatoms. The summed E-state index contributed by atoms with van der Waals surface area (Å²) in [7, 11) is -0.313. The smallest absolute Gasteiger partial charge is 0.281 e. The average Bonchev–Trinajstić information content (AvgIpc) is 2.83. The van der Waals surface area contributed by atoms with Crippen molar-refractivity contribution in [2.24, 2.45) is 5.92 Å². The number of thiophene rings is 1. The summed E-state index contributed by atoms with van der Waals surface area (Å²) in [4.78, 5) is 16.2. The Morgan fingerprint density at radius 2 is 2.04 bits per heavy atom. The molecule has 0 N–H and O–H groups in total. The highest BCUT2D eigenvalue weighted by molar-refractivity contribution is 7.86. The van der Waals surface area contributed by atoms with E-state index in [0.29, 0.717) is 19.6 Å². The molecule has 0 aromatic carbocycles. The largest absolute Gasteiger partial charge is 0.334 e. The number of nitrogens with zero attached hydrogens (tertiary/aromatic N) is 3. The fraction of sp³-hybridized carbons (Fsp3) is 0.706. The highest BCUT2D eigenvalue weighted by Crippen LogP contribution is 2.31. The molecule has 0 aliphatic carbocycles. The van der Waals surface area contributed by atoms with Crippen LogP contribution in [0.1, 0.15) is 41.4 Å². The molecular formula is C17H27N3O3S2. The topological polar surface area (TPSA) is 60.9 Å². The Hall–Kier alpha value is -0.960. The SMILES string of the molecule is CCCc1cc(C(=O)N2C[C@@H]3CC[C@H]2CN(S(=O)(=O)N(C)C)C3)cs1. The maximum absolute atomic E-state index is 13.0. The van der Waals surface area contributed by atoms with Gasteiger partial charge in [0.15, 0.2) is 0 Å². The van der Waals surface area contributed by atoms with Crippen molar-refractivity contribution in [3.63, 3.8) is 0 Å². The number of aryl methyl sites for hydroxylation is 1. The van der Waals surface area contributed by atoms with Gasteiger partial charge in [-0.25, -0.2) is 0 Å². The van der Waals surface area contributed by atoms with Crippen LogP contribution in [0.2, 0.25) is 0 Å². The van der Waals surface area contributed by atoms with Gasteiger partial charge < -0.3 is 4.90 Å². The standard InChI is InChI=1S/C17H27N3O3S2/c1-4-5-16-8-14(12-24-16)17(21)20-10-13-6-7-15(20)11-19(9-13)25(22,23)18(2)3/h8,12-13,15H,4-7,9-11H2,1-3H3/t13-,15+/m1/s1. The first kappa shape index (κ1) is 18.8. The van der Waals surface area contributed by atoms with E-state index in [4.69, 9.17) is 0 Å². The Kier molecular flexibility index (Phi) is 5.53. The van der Waals surface area contributed by atoms with Crippen molar-refractivity contribution in [2.75, 3.05) is 33.7 Å². The van der Waals surface area contributed by atoms with Crippen LogP contribution in [0.5, 0.6) is 0 Å². The third-order valence-electron chi connectivity index (χ3n) is 5.13. The predicted octanol–water partition coefficient (Wildman–Crippen LogP) is 2.04. The lowest BCUT2D eigenvalue weighted by molar-refractivity contribution is 0.0589. The molecule has 2 bridgehead atoms. The van der Waals surface area contributed by atoms with Crippen LogP contribution in [0.3, 0.4) is 0 Å². The zero-order valence-electron chi connectivity index (χ0n) is 15.1. The van der Waals surface area contributed by atoms with E-state index >= 15 is 0 Å². The van der Waals surface area contributed by atoms with Crippen molar-refractivity contribution in [1.29, 1.82) is 0 Å². The fourth-order valence-corrected chi connectivity index (χ4v) is 5.93. The summed E-state index contributed by atoms with van der Waals surface area (Å²) in [6, 6.07) is 1.97. The van der Waals surface area contributed by atoms with E-state index in [1.54, 1.807) is 29.7 Å². The Balaban J connectivity index is 1.79. The van der Waals surface area contributed by atoms with Crippen molar-refractivity contribution in [2.45, 2.75) is 38.6 Å². The molecule has 4 rings (SSSR count). The molecule has 1 aromatic rings. The van der Waals surface area contributed by atoms with E-state index in [-0.39, 0.29) is 17.9 Å². The summed E-state index contributed by atoms with van der Waals surface area (Å²) < 4.78 is 27.9. The molecule has 2 atom stereocenters. The van der Waals surface area contributed by atoms with Crippen molar-refractivity contribution < 1.29 is 13.2 Å². The van der Waals surface area contributed by atoms with Gasteiger partial charge in [0.25, 0.3) is 16.1 Å². The van der Waals surface area contributed by atoms with E-state index in [1.165, 1.54) is 9.18 Å². The van der Waals surface area contributed by atoms with Crippen LogP contribution < -0.4 is 0 Å². The van der Waals surface area contributed by atoms with E-state index in [1.807, 2.05) is 16.3 Å². The summed E-state index contributed by atoms with van der Waals surface area (Å²) in [5.74, 6) is 0.267. The maximum atomic E-state index is 13.0. The van der Waals surface area contributed by atoms with E-state index < -0.39 is 10.2 Å². The molecule has 3 aliphatic rings. The normalized spacial score (nSPS) is 24.7. The second kappa shape index (κ2) is 7.34. The zero-order valence-corrected chi connectivity index (χ0v) is 16.8. The molecule has 3 aliphatic heterocycles. The fourth-order valence-electron chi connectivity index (χ4n) is 3.74. The van der Waals surface area contributed by atoms with Gasteiger partial charge >= 0.3 is 0 Å². The number of carbonyl (C=O) groups is 1. The number of piperidine rings is 1. The quantitative estimate of drug-likeness (QED) is 0.779. The van der Waals surface area contributed by atoms with Crippen LogP contribution in [-0.2, 0) is 16.6 Å². The Morgan fingerprint density at radius 1 is 1.28 bits per heavy atom. The van der Waals surface area contributed by atoms with Gasteiger partial charge in [0.05, 0.1) is 5.56 Å². The molecule has 1 aromatic heterocycles. The summed E-state index contributed by atoms with van der Waals surface area (Å²) >= 11 is 1.64. The van der Waals surface area contributed by atoms with Gasteiger partial charge in [0.1, 0.15) is 0 Å². The van der Waals surface area contributed by atoms with Crippen LogP contribution in [0.15, 0.2) is 11.4 Å². The Labute approximate surface area is 154 Å². The predicted molar refractivity (Wildman–Crippen MR) is 100 cm³/mol. The zero-order chi connectivity index (χ0) is 18.2. The number of hydrogen-bond donors (Lipinski definition) is 0. The first-order chi connectivity index (χ1) is 11.8. The minimum atomic E-state index is -3.44. The van der Waals surface area contributed by atoms with Gasteiger partial charge in [-0.1, -0.05) is 13.3 Å². The molecule has 0 saturated carbocycles. The third kappa shape index (κ3) is 3.77. The molecule has 1 amide bonds. The molecule has 25 heavy (non-hydrogen) atoms. The molecular weight excluding hydrogens is 358 g/mol. The first-order valence-electron chi connectivity index (χ1n) is 8.89. The van der Waals surface area contributed by atoms with Crippen LogP contribution in [0.25, 0.3) is 0 Å². The highest BCUT2D eigenvalue weighted by Gasteiger charge is 2.41. The number of carbonyl (C=O) groups excluding carboxylic acids is 1. The van der Waals surface area contributed by atoms with Gasteiger partial charge in [0.2, 0.25) is 0 Å². The van der Waals surface area contributed by atoms with Crippen LogP contribution >= 0.6 is 11.3 Å². The van der Waals surface area contributed by atoms with Gasteiger partial charge in [-0.3, -0.25) is 4.79 Å². The summed E-state index contributed by atoms with van der Waals surface area (Å²) in [6.45, 7) is 3.69. The number of hydrogen-bond acceptors (Lipinski definition) is 4. The number of amides is 1. The van der Waals surface area contributed by atoms with E-state index in [0.717, 1.165) is 31.2 Å². The average molecular weight is 386 g/mol. The van der Waals surface area contributed by atoms with Crippen molar-refractivity contribution in [1.82, 2.24) is 13.5 Å². The van der Waals surface area contributed by atoms with Crippen molar-refractivity contribution >= 4 is 27.5 Å². The summed E-state index contributed by atoms with van der Waals surface area (Å²) in [5, 5.41) is 1.94. The maximum Gasteiger partial charge on any atom is 0.281 e. The number of fused-ring (bicyclic) bond motifs is 4. The number of rotatable bonds is 5. The van der Waals surface area contributed by atoms with Gasteiger partial charge in [-0.2, -0.15) is 17.0 Å². The molecule has 140 valence electrons. The highest BCUT2D eigenvalue weighted by atomic mass is 32.2. The van der Waals surface area contributed by atoms with Gasteiger partial charge in [-0.15, -0.1) is 11.3 Å². The van der Waals surface area contributed by atoms with E-state index in [2.05, 4.69) is 6.92 Å². The summed E-state index contributed by atoms with van der Waals surface area (Å²) in [5.41, 5.74) is 0.753. The lowest BCUT2D eigenvalue weighted by Crippen LogP contribution is -2.48. The minimum Gasteiger partial charge on any atom is -0.334 e. The van der Waals surface area contributed by atoms with Crippen LogP contribution in [0, 0.1) is 5.92 Å². The first-order valence-corrected chi connectivity index (χ1v) is 11.2. The monoisotopic (exact) mass is 385 g/mol. The van der Waals surface area contributed by atoms with Gasteiger partial charge in [-0.05, 0) is 31.2 Å². The van der Waals surface area contributed by atoms with Gasteiger partial charge in [0, 0.05) is 50.0 Å². The molecule has 0 spiro atoms. The van der Waals surface area contributed by atoms with Crippen LogP contribution in [-0.4, -0.2) is 67.6 Å². The Bertz CT molecular complexity index is 729. The second-order valence-electron chi connectivity index (χ2n) is 7.21. The van der Waals surface area contributed by atoms with E-state index in [9.17, 15) is 13.2 Å². The molecule has 6 nitrogen and oxygen atoms in total. The lowest BCUT2D eigenvalue weighted by Gasteiger charge is -2.36. The third-order valence-corrected chi connectivity index (χ3v) is 8.00. The molecule has 3 fully saturated rings. The molecule has 3 saturated heterocycles. The van der Waals surface area contributed by atoms with Crippen LogP contribution in [0.4, 0.5) is 0 Å². The minimum absolute atomic E-state index is 0.0319. The molecule has 0 unspecified atom stereocenters. The summed E-state index contributed by atoms with van der Waals surface area (Å²) in [6.07, 6.45) is 3.93. The molecule has 4 heterocycles. The molecule has 0 radical (unpaired) electrons.